The molecule has 3 aromatic rings. The van der Waals surface area contributed by atoms with E-state index in [1.54, 1.807) is 49.4 Å². The van der Waals surface area contributed by atoms with Crippen LogP contribution >= 0.6 is 27.3 Å². The van der Waals surface area contributed by atoms with Crippen molar-refractivity contribution < 1.29 is 33.3 Å². The summed E-state index contributed by atoms with van der Waals surface area (Å²) in [7, 11) is 3.02. The molecule has 0 spiro atoms. The number of ether oxygens (including phenoxy) is 5. The minimum atomic E-state index is -0.928. The summed E-state index contributed by atoms with van der Waals surface area (Å²) < 4.78 is 30.2. The van der Waals surface area contributed by atoms with Crippen molar-refractivity contribution in [2.45, 2.75) is 19.9 Å². The van der Waals surface area contributed by atoms with Gasteiger partial charge in [0.2, 0.25) is 0 Å². The zero-order valence-electron chi connectivity index (χ0n) is 23.5. The molecule has 1 aliphatic heterocycles. The van der Waals surface area contributed by atoms with Crippen LogP contribution in [-0.4, -0.2) is 57.1 Å². The van der Waals surface area contributed by atoms with Gasteiger partial charge < -0.3 is 29.4 Å². The van der Waals surface area contributed by atoms with Crippen LogP contribution in [0.4, 0.5) is 0 Å². The molecule has 1 amide bonds. The molecule has 0 radical (unpaired) electrons. The van der Waals surface area contributed by atoms with Crippen molar-refractivity contribution in [3.63, 3.8) is 0 Å². The molecule has 0 bridgehead atoms. The number of carbonyl (C=O) groups is 2. The molecular weight excluding hydrogens is 630 g/mol. The molecule has 1 aliphatic rings. The number of hydrogen-bond acceptors (Lipinski definition) is 10. The van der Waals surface area contributed by atoms with E-state index < -0.39 is 23.5 Å². The van der Waals surface area contributed by atoms with Crippen molar-refractivity contribution in [1.82, 2.24) is 4.57 Å². The molecule has 0 unspecified atom stereocenters. The fraction of sp³-hybridized carbons (Fsp3) is 0.310. The second-order valence-corrected chi connectivity index (χ2v) is 10.9. The largest absolute Gasteiger partial charge is 0.493 e. The highest BCUT2D eigenvalue weighted by Gasteiger charge is 2.36. The van der Waals surface area contributed by atoms with Crippen molar-refractivity contribution in [3.8, 4) is 17.2 Å². The van der Waals surface area contributed by atoms with Crippen LogP contribution < -0.4 is 34.8 Å². The molecule has 42 heavy (non-hydrogen) atoms. The number of nitrogens with two attached hydrogens (primary N) is 1. The SMILES string of the molecule is CCOc1c(OC)cccc1[C@@H]1C(C(=O)OCCOC)=C(C)N=c2s/c(=C/c3cc(Br)ccc3OCC(N)=O)c(=O)n21. The molecule has 2 heterocycles. The number of para-hydroxylation sites is 1. The van der Waals surface area contributed by atoms with Crippen LogP contribution in [0.2, 0.25) is 0 Å². The first-order chi connectivity index (χ1) is 20.2. The van der Waals surface area contributed by atoms with E-state index in [2.05, 4.69) is 20.9 Å². The van der Waals surface area contributed by atoms with Crippen LogP contribution in [-0.2, 0) is 19.1 Å². The van der Waals surface area contributed by atoms with Gasteiger partial charge in [0.25, 0.3) is 11.5 Å². The number of benzene rings is 2. The van der Waals surface area contributed by atoms with E-state index in [1.807, 2.05) is 6.92 Å². The maximum absolute atomic E-state index is 14.1. The zero-order valence-corrected chi connectivity index (χ0v) is 25.9. The highest BCUT2D eigenvalue weighted by Crippen LogP contribution is 2.40. The Balaban J connectivity index is 1.96. The number of allylic oxidation sites excluding steroid dienone is 1. The van der Waals surface area contributed by atoms with E-state index in [0.29, 0.717) is 50.0 Å². The monoisotopic (exact) mass is 659 g/mol. The quantitative estimate of drug-likeness (QED) is 0.231. The molecule has 0 aliphatic carbocycles. The number of hydrogen-bond donors (Lipinski definition) is 1. The van der Waals surface area contributed by atoms with Crippen LogP contribution in [0.1, 0.15) is 31.0 Å². The predicted octanol–water partition coefficient (Wildman–Crippen LogP) is 2.46. The Morgan fingerprint density at radius 2 is 1.93 bits per heavy atom. The third-order valence-electron chi connectivity index (χ3n) is 6.20. The molecule has 4 rings (SSSR count). The fourth-order valence-corrected chi connectivity index (χ4v) is 5.85. The van der Waals surface area contributed by atoms with E-state index in [4.69, 9.17) is 29.4 Å². The Kier molecular flexibility index (Phi) is 10.2. The number of methoxy groups -OCH3 is 2. The summed E-state index contributed by atoms with van der Waals surface area (Å²) in [6, 6.07) is 9.53. The normalized spacial score (nSPS) is 14.7. The van der Waals surface area contributed by atoms with Gasteiger partial charge in [-0.3, -0.25) is 14.2 Å². The first kappa shape index (κ1) is 31.0. The number of thiazole rings is 1. The average molecular weight is 661 g/mol. The van der Waals surface area contributed by atoms with Crippen molar-refractivity contribution in [3.05, 3.63) is 83.0 Å². The highest BCUT2D eigenvalue weighted by atomic mass is 79.9. The molecule has 1 aromatic heterocycles. The minimum Gasteiger partial charge on any atom is -0.493 e. The number of carbonyl (C=O) groups excluding carboxylic acids is 2. The third-order valence-corrected chi connectivity index (χ3v) is 7.68. The van der Waals surface area contributed by atoms with E-state index >= 15 is 0 Å². The maximum Gasteiger partial charge on any atom is 0.338 e. The standard InChI is InChI=1S/C29H30BrN3O8S/c1-5-39-26-19(7-6-8-21(26)38-4)25-24(28(36)40-12-11-37-3)16(2)32-29-33(25)27(35)22(42-29)14-17-13-18(30)9-10-20(17)41-15-23(31)34/h6-10,13-14,25H,5,11-12,15H2,1-4H3,(H2,31,34)/b22-14+/t25-/m1/s1. The smallest absolute Gasteiger partial charge is 0.338 e. The minimum absolute atomic E-state index is 0.0245. The second kappa shape index (κ2) is 13.8. The number of halogens is 1. The number of fused-ring (bicyclic) bond motifs is 1. The lowest BCUT2D eigenvalue weighted by atomic mass is 9.94. The van der Waals surface area contributed by atoms with Gasteiger partial charge in [0, 0.05) is 22.7 Å². The van der Waals surface area contributed by atoms with Gasteiger partial charge in [-0.05, 0) is 44.2 Å². The molecule has 2 aromatic carbocycles. The number of primary amides is 1. The van der Waals surface area contributed by atoms with Gasteiger partial charge in [0.1, 0.15) is 18.4 Å². The number of esters is 1. The number of nitrogens with zero attached hydrogens (tertiary/aromatic N) is 2. The molecule has 0 saturated carbocycles. The van der Waals surface area contributed by atoms with Crippen molar-refractivity contribution in [1.29, 1.82) is 0 Å². The molecular formula is C29H30BrN3O8S. The molecule has 13 heteroatoms. The van der Waals surface area contributed by atoms with Gasteiger partial charge in [-0.25, -0.2) is 9.79 Å². The lowest BCUT2D eigenvalue weighted by Crippen LogP contribution is -2.40. The topological polar surface area (TPSA) is 141 Å². The second-order valence-electron chi connectivity index (χ2n) is 8.96. The Hall–Kier alpha value is -3.94. The summed E-state index contributed by atoms with van der Waals surface area (Å²) in [5.74, 6) is -0.0555. The third kappa shape index (κ3) is 6.58. The van der Waals surface area contributed by atoms with Crippen LogP contribution in [0.25, 0.3) is 6.08 Å². The average Bonchev–Trinajstić information content (AvgIpc) is 3.26. The van der Waals surface area contributed by atoms with E-state index in [1.165, 1.54) is 18.8 Å². The van der Waals surface area contributed by atoms with Gasteiger partial charge in [-0.15, -0.1) is 0 Å². The Morgan fingerprint density at radius 1 is 1.14 bits per heavy atom. The van der Waals surface area contributed by atoms with Crippen LogP contribution in [0.5, 0.6) is 17.2 Å². The number of amides is 1. The number of aromatic nitrogens is 1. The molecule has 0 fully saturated rings. The fourth-order valence-electron chi connectivity index (χ4n) is 4.43. The Bertz CT molecular complexity index is 1710. The zero-order chi connectivity index (χ0) is 30.4. The number of rotatable bonds is 12. The van der Waals surface area contributed by atoms with Gasteiger partial charge in [-0.2, -0.15) is 0 Å². The van der Waals surface area contributed by atoms with Crippen LogP contribution in [0.15, 0.2) is 61.9 Å². The highest BCUT2D eigenvalue weighted by molar-refractivity contribution is 9.10. The van der Waals surface area contributed by atoms with Gasteiger partial charge in [-0.1, -0.05) is 39.4 Å². The Morgan fingerprint density at radius 3 is 2.62 bits per heavy atom. The van der Waals surface area contributed by atoms with E-state index in [0.717, 1.165) is 15.8 Å². The maximum atomic E-state index is 14.1. The van der Waals surface area contributed by atoms with Gasteiger partial charge in [0.05, 0.1) is 36.1 Å². The summed E-state index contributed by atoms with van der Waals surface area (Å²) in [5, 5.41) is 0. The molecule has 11 nitrogen and oxygen atoms in total. The lowest BCUT2D eigenvalue weighted by Gasteiger charge is -2.27. The molecule has 222 valence electrons. The summed E-state index contributed by atoms with van der Waals surface area (Å²) in [5.41, 5.74) is 6.52. The van der Waals surface area contributed by atoms with Crippen molar-refractivity contribution >= 4 is 45.2 Å². The summed E-state index contributed by atoms with van der Waals surface area (Å²) in [6.45, 7) is 3.76. The first-order valence-corrected chi connectivity index (χ1v) is 14.5. The van der Waals surface area contributed by atoms with E-state index in [9.17, 15) is 14.4 Å². The summed E-state index contributed by atoms with van der Waals surface area (Å²) in [4.78, 5) is 43.9. The summed E-state index contributed by atoms with van der Waals surface area (Å²) >= 11 is 4.59. The van der Waals surface area contributed by atoms with Crippen LogP contribution in [0.3, 0.4) is 0 Å². The Labute approximate surface area is 253 Å². The van der Waals surface area contributed by atoms with E-state index in [-0.39, 0.29) is 25.4 Å². The molecule has 2 N–H and O–H groups in total. The molecule has 0 saturated heterocycles. The lowest BCUT2D eigenvalue weighted by molar-refractivity contribution is -0.140. The van der Waals surface area contributed by atoms with Gasteiger partial charge in [0.15, 0.2) is 22.9 Å². The van der Waals surface area contributed by atoms with Gasteiger partial charge >= 0.3 is 5.97 Å². The van der Waals surface area contributed by atoms with Crippen molar-refractivity contribution in [2.75, 3.05) is 40.6 Å². The first-order valence-electron chi connectivity index (χ1n) is 12.9. The molecule has 1 atom stereocenters. The van der Waals surface area contributed by atoms with Crippen molar-refractivity contribution in [2.24, 2.45) is 10.7 Å². The van der Waals surface area contributed by atoms with Crippen LogP contribution in [0, 0.1) is 0 Å². The predicted molar refractivity (Wildman–Crippen MR) is 160 cm³/mol. The summed E-state index contributed by atoms with van der Waals surface area (Å²) in [6.07, 6.45) is 1.65.